The highest BCUT2D eigenvalue weighted by Crippen LogP contribution is 2.25. The Labute approximate surface area is 109 Å². The first-order valence-electron chi connectivity index (χ1n) is 6.67. The molecule has 0 radical (unpaired) electrons. The van der Waals surface area contributed by atoms with Crippen LogP contribution >= 0.6 is 0 Å². The fraction of sp³-hybridized carbons (Fsp3) is 0.533. The predicted octanol–water partition coefficient (Wildman–Crippen LogP) is 2.81. The lowest BCUT2D eigenvalue weighted by molar-refractivity contribution is 0.0526. The molecule has 0 saturated carbocycles. The van der Waals surface area contributed by atoms with Gasteiger partial charge in [0, 0.05) is 30.9 Å². The van der Waals surface area contributed by atoms with E-state index < -0.39 is 0 Å². The van der Waals surface area contributed by atoms with Crippen molar-refractivity contribution in [3.8, 4) is 0 Å². The van der Waals surface area contributed by atoms with E-state index in [0.717, 1.165) is 43.5 Å². The lowest BCUT2D eigenvalue weighted by atomic mass is 10.0. The molecule has 2 rings (SSSR count). The van der Waals surface area contributed by atoms with Crippen LogP contribution in [0.5, 0.6) is 0 Å². The molecule has 98 valence electrons. The monoisotopic (exact) mass is 247 g/mol. The van der Waals surface area contributed by atoms with E-state index in [1.165, 1.54) is 12.1 Å². The van der Waals surface area contributed by atoms with Gasteiger partial charge in [-0.15, -0.1) is 0 Å². The van der Waals surface area contributed by atoms with Crippen molar-refractivity contribution in [1.82, 2.24) is 0 Å². The molecule has 0 N–H and O–H groups in total. The van der Waals surface area contributed by atoms with Crippen LogP contribution in [0.25, 0.3) is 0 Å². The molecule has 0 amide bonds. The summed E-state index contributed by atoms with van der Waals surface area (Å²) in [7, 11) is 0. The molecule has 1 aliphatic heterocycles. The summed E-state index contributed by atoms with van der Waals surface area (Å²) in [4.78, 5) is 13.1. The summed E-state index contributed by atoms with van der Waals surface area (Å²) in [5.41, 5.74) is 3.14. The van der Waals surface area contributed by atoms with E-state index in [9.17, 15) is 4.79 Å². The molecule has 1 fully saturated rings. The molecule has 1 aromatic rings. The summed E-state index contributed by atoms with van der Waals surface area (Å²) >= 11 is 0. The van der Waals surface area contributed by atoms with Crippen molar-refractivity contribution >= 4 is 12.0 Å². The van der Waals surface area contributed by atoms with Crippen LogP contribution < -0.4 is 4.90 Å². The predicted molar refractivity (Wildman–Crippen MR) is 73.4 cm³/mol. The van der Waals surface area contributed by atoms with E-state index in [1.54, 1.807) is 0 Å². The number of hydrogen-bond donors (Lipinski definition) is 0. The molecule has 0 bridgehead atoms. The molecule has 0 aliphatic carbocycles. The number of aldehydes is 1. The molecule has 0 aromatic heterocycles. The second-order valence-electron chi connectivity index (χ2n) is 4.83. The van der Waals surface area contributed by atoms with Gasteiger partial charge in [0.05, 0.1) is 6.10 Å². The van der Waals surface area contributed by atoms with Crippen LogP contribution in [0.4, 0.5) is 5.69 Å². The number of aryl methyl sites for hydroxylation is 1. The number of hydrogen-bond acceptors (Lipinski definition) is 3. The lowest BCUT2D eigenvalue weighted by Gasteiger charge is -2.35. The SMILES string of the molecule is CCOC1CCCN(c2ccc(C=O)cc2C)C1. The summed E-state index contributed by atoms with van der Waals surface area (Å²) in [5, 5.41) is 0. The number of benzene rings is 1. The molecule has 1 aromatic carbocycles. The topological polar surface area (TPSA) is 29.5 Å². The Morgan fingerprint density at radius 3 is 3.00 bits per heavy atom. The molecule has 18 heavy (non-hydrogen) atoms. The summed E-state index contributed by atoms with van der Waals surface area (Å²) in [6.45, 7) is 6.91. The second-order valence-corrected chi connectivity index (χ2v) is 4.83. The molecule has 0 spiro atoms. The van der Waals surface area contributed by atoms with Gasteiger partial charge in [-0.3, -0.25) is 4.79 Å². The minimum absolute atomic E-state index is 0.342. The van der Waals surface area contributed by atoms with Crippen LogP contribution in [0.15, 0.2) is 18.2 Å². The Hall–Kier alpha value is -1.35. The van der Waals surface area contributed by atoms with Crippen molar-refractivity contribution in [3.05, 3.63) is 29.3 Å². The zero-order chi connectivity index (χ0) is 13.0. The fourth-order valence-electron chi connectivity index (χ4n) is 2.64. The van der Waals surface area contributed by atoms with Gasteiger partial charge in [-0.2, -0.15) is 0 Å². The molecule has 3 nitrogen and oxygen atoms in total. The summed E-state index contributed by atoms with van der Waals surface area (Å²) in [6.07, 6.45) is 3.56. The van der Waals surface area contributed by atoms with Gasteiger partial charge >= 0.3 is 0 Å². The van der Waals surface area contributed by atoms with Gasteiger partial charge in [-0.1, -0.05) is 0 Å². The largest absolute Gasteiger partial charge is 0.377 e. The van der Waals surface area contributed by atoms with E-state index in [-0.39, 0.29) is 0 Å². The number of rotatable bonds is 4. The van der Waals surface area contributed by atoms with Gasteiger partial charge in [0.25, 0.3) is 0 Å². The third-order valence-corrected chi connectivity index (χ3v) is 3.48. The Kier molecular flexibility index (Phi) is 4.37. The average molecular weight is 247 g/mol. The molecular weight excluding hydrogens is 226 g/mol. The molecule has 1 unspecified atom stereocenters. The highest BCUT2D eigenvalue weighted by molar-refractivity contribution is 5.77. The van der Waals surface area contributed by atoms with Gasteiger partial charge in [-0.25, -0.2) is 0 Å². The van der Waals surface area contributed by atoms with Crippen LogP contribution in [0.3, 0.4) is 0 Å². The summed E-state index contributed by atoms with van der Waals surface area (Å²) in [6, 6.07) is 5.89. The Balaban J connectivity index is 2.13. The van der Waals surface area contributed by atoms with E-state index >= 15 is 0 Å². The van der Waals surface area contributed by atoms with Crippen molar-refractivity contribution < 1.29 is 9.53 Å². The maximum Gasteiger partial charge on any atom is 0.150 e. The normalized spacial score (nSPS) is 19.9. The van der Waals surface area contributed by atoms with Crippen molar-refractivity contribution in [2.45, 2.75) is 32.8 Å². The maximum absolute atomic E-state index is 10.7. The maximum atomic E-state index is 10.7. The standard InChI is InChI=1S/C15H21NO2/c1-3-18-14-5-4-8-16(10-14)15-7-6-13(11-17)9-12(15)2/h6-7,9,11,14H,3-5,8,10H2,1-2H3. The van der Waals surface area contributed by atoms with Crippen LogP contribution in [-0.2, 0) is 4.74 Å². The van der Waals surface area contributed by atoms with E-state index in [2.05, 4.69) is 11.8 Å². The van der Waals surface area contributed by atoms with Crippen molar-refractivity contribution in [3.63, 3.8) is 0 Å². The number of carbonyl (C=O) groups excluding carboxylic acids is 1. The quantitative estimate of drug-likeness (QED) is 0.766. The highest BCUT2D eigenvalue weighted by Gasteiger charge is 2.21. The molecule has 1 heterocycles. The highest BCUT2D eigenvalue weighted by atomic mass is 16.5. The van der Waals surface area contributed by atoms with Gasteiger partial charge in [0.2, 0.25) is 0 Å². The minimum Gasteiger partial charge on any atom is -0.377 e. The molecule has 3 heteroatoms. The number of nitrogens with zero attached hydrogens (tertiary/aromatic N) is 1. The lowest BCUT2D eigenvalue weighted by Crippen LogP contribution is -2.40. The van der Waals surface area contributed by atoms with E-state index in [4.69, 9.17) is 4.74 Å². The van der Waals surface area contributed by atoms with Crippen LogP contribution in [-0.4, -0.2) is 32.1 Å². The van der Waals surface area contributed by atoms with Gasteiger partial charge in [0.15, 0.2) is 0 Å². The first-order valence-corrected chi connectivity index (χ1v) is 6.67. The number of anilines is 1. The van der Waals surface area contributed by atoms with E-state index in [1.807, 2.05) is 25.1 Å². The minimum atomic E-state index is 0.342. The third kappa shape index (κ3) is 2.91. The summed E-state index contributed by atoms with van der Waals surface area (Å²) in [5.74, 6) is 0. The van der Waals surface area contributed by atoms with Crippen LogP contribution in [0.1, 0.15) is 35.7 Å². The Morgan fingerprint density at radius 2 is 2.33 bits per heavy atom. The van der Waals surface area contributed by atoms with Crippen LogP contribution in [0.2, 0.25) is 0 Å². The Morgan fingerprint density at radius 1 is 1.50 bits per heavy atom. The van der Waals surface area contributed by atoms with Crippen LogP contribution in [0, 0.1) is 6.92 Å². The molecule has 1 atom stereocenters. The third-order valence-electron chi connectivity index (χ3n) is 3.48. The summed E-state index contributed by atoms with van der Waals surface area (Å²) < 4.78 is 5.72. The van der Waals surface area contributed by atoms with Gasteiger partial charge in [-0.05, 0) is 50.5 Å². The van der Waals surface area contributed by atoms with E-state index in [0.29, 0.717) is 6.10 Å². The number of ether oxygens (including phenoxy) is 1. The zero-order valence-electron chi connectivity index (χ0n) is 11.2. The van der Waals surface area contributed by atoms with Crippen molar-refractivity contribution in [1.29, 1.82) is 0 Å². The second kappa shape index (κ2) is 6.01. The fourth-order valence-corrected chi connectivity index (χ4v) is 2.64. The molecule has 1 aliphatic rings. The first kappa shape index (κ1) is 13.1. The van der Waals surface area contributed by atoms with Gasteiger partial charge in [0.1, 0.15) is 6.29 Å². The first-order chi connectivity index (χ1) is 8.74. The van der Waals surface area contributed by atoms with Crippen molar-refractivity contribution in [2.75, 3.05) is 24.6 Å². The zero-order valence-corrected chi connectivity index (χ0v) is 11.2. The number of piperidine rings is 1. The Bertz CT molecular complexity index is 415. The molecular formula is C15H21NO2. The smallest absolute Gasteiger partial charge is 0.150 e. The molecule has 1 saturated heterocycles. The van der Waals surface area contributed by atoms with Crippen molar-refractivity contribution in [2.24, 2.45) is 0 Å². The average Bonchev–Trinajstić information content (AvgIpc) is 2.39. The van der Waals surface area contributed by atoms with Gasteiger partial charge < -0.3 is 9.64 Å². The number of carbonyl (C=O) groups is 1.